The molecule has 1 N–H and O–H groups in total. The summed E-state index contributed by atoms with van der Waals surface area (Å²) in [5.41, 5.74) is 0.911. The van der Waals surface area contributed by atoms with Gasteiger partial charge in [-0.2, -0.15) is 4.39 Å². The van der Waals surface area contributed by atoms with Crippen LogP contribution in [0.5, 0.6) is 0 Å². The van der Waals surface area contributed by atoms with Gasteiger partial charge >= 0.3 is 0 Å². The molecule has 0 saturated carbocycles. The maximum Gasteiger partial charge on any atom is 0.214 e. The van der Waals surface area contributed by atoms with Crippen molar-refractivity contribution < 1.29 is 4.39 Å². The fourth-order valence-electron chi connectivity index (χ4n) is 1.41. The van der Waals surface area contributed by atoms with Crippen molar-refractivity contribution in [1.82, 2.24) is 4.98 Å². The van der Waals surface area contributed by atoms with Crippen LogP contribution in [0.4, 0.5) is 10.2 Å². The summed E-state index contributed by atoms with van der Waals surface area (Å²) in [6.45, 7) is 0.483. The van der Waals surface area contributed by atoms with Crippen molar-refractivity contribution in [2.75, 3.05) is 5.32 Å². The molecular formula is C12H9Cl2FN2. The number of rotatable bonds is 3. The maximum absolute atomic E-state index is 12.8. The van der Waals surface area contributed by atoms with Gasteiger partial charge in [0.2, 0.25) is 5.95 Å². The Morgan fingerprint density at radius 1 is 1.12 bits per heavy atom. The number of benzene rings is 1. The normalized spacial score (nSPS) is 10.3. The minimum atomic E-state index is -0.515. The lowest BCUT2D eigenvalue weighted by Crippen LogP contribution is -2.02. The summed E-state index contributed by atoms with van der Waals surface area (Å²) in [4.78, 5) is 3.69. The fourth-order valence-corrected chi connectivity index (χ4v) is 1.98. The smallest absolute Gasteiger partial charge is 0.214 e. The number of nitrogens with zero attached hydrogens (tertiary/aromatic N) is 1. The van der Waals surface area contributed by atoms with E-state index in [-0.39, 0.29) is 0 Å². The van der Waals surface area contributed by atoms with E-state index in [4.69, 9.17) is 23.2 Å². The third-order valence-electron chi connectivity index (χ3n) is 2.11. The lowest BCUT2D eigenvalue weighted by Gasteiger charge is -2.06. The van der Waals surface area contributed by atoms with Gasteiger partial charge in [-0.25, -0.2) is 4.98 Å². The number of nitrogens with one attached hydrogen (secondary N) is 1. The highest BCUT2D eigenvalue weighted by atomic mass is 35.5. The minimum Gasteiger partial charge on any atom is -0.366 e. The third-order valence-corrected chi connectivity index (χ3v) is 2.55. The molecule has 0 spiro atoms. The van der Waals surface area contributed by atoms with E-state index in [9.17, 15) is 4.39 Å². The van der Waals surface area contributed by atoms with Gasteiger partial charge in [-0.1, -0.05) is 29.3 Å². The van der Waals surface area contributed by atoms with Crippen LogP contribution in [0.25, 0.3) is 0 Å². The molecular weight excluding hydrogens is 262 g/mol. The molecule has 1 aromatic carbocycles. The highest BCUT2D eigenvalue weighted by Gasteiger charge is 2.00. The number of anilines is 1. The number of hydrogen-bond donors (Lipinski definition) is 1. The van der Waals surface area contributed by atoms with Crippen LogP contribution in [-0.4, -0.2) is 4.98 Å². The quantitative estimate of drug-likeness (QED) is 0.848. The summed E-state index contributed by atoms with van der Waals surface area (Å²) in [5.74, 6) is -0.0415. The summed E-state index contributed by atoms with van der Waals surface area (Å²) < 4.78 is 12.8. The second-order valence-electron chi connectivity index (χ2n) is 3.48. The van der Waals surface area contributed by atoms with E-state index in [1.165, 1.54) is 6.07 Å². The van der Waals surface area contributed by atoms with Gasteiger partial charge in [0.1, 0.15) is 5.82 Å². The minimum absolute atomic E-state index is 0.473. The molecule has 17 heavy (non-hydrogen) atoms. The molecule has 0 bridgehead atoms. The zero-order chi connectivity index (χ0) is 12.3. The summed E-state index contributed by atoms with van der Waals surface area (Å²) in [6, 6.07) is 9.82. The second kappa shape index (κ2) is 5.34. The molecule has 0 aliphatic carbocycles. The molecule has 88 valence electrons. The fraction of sp³-hybridized carbons (Fsp3) is 0.0833. The molecule has 0 radical (unpaired) electrons. The average Bonchev–Trinajstić information content (AvgIpc) is 2.25. The summed E-state index contributed by atoms with van der Waals surface area (Å²) in [5, 5.41) is 4.13. The third kappa shape index (κ3) is 3.58. The van der Waals surface area contributed by atoms with Crippen molar-refractivity contribution in [3.63, 3.8) is 0 Å². The van der Waals surface area contributed by atoms with Crippen LogP contribution in [0.3, 0.4) is 0 Å². The Morgan fingerprint density at radius 3 is 2.47 bits per heavy atom. The van der Waals surface area contributed by atoms with Gasteiger partial charge in [-0.3, -0.25) is 0 Å². The Morgan fingerprint density at radius 2 is 1.82 bits per heavy atom. The zero-order valence-electron chi connectivity index (χ0n) is 8.75. The predicted molar refractivity (Wildman–Crippen MR) is 68.0 cm³/mol. The number of hydrogen-bond acceptors (Lipinski definition) is 2. The number of pyridine rings is 1. The van der Waals surface area contributed by atoms with Gasteiger partial charge in [0.25, 0.3) is 0 Å². The van der Waals surface area contributed by atoms with E-state index >= 15 is 0 Å². The van der Waals surface area contributed by atoms with Crippen molar-refractivity contribution in [3.8, 4) is 0 Å². The highest BCUT2D eigenvalue weighted by Crippen LogP contribution is 2.19. The number of halogens is 3. The summed E-state index contributed by atoms with van der Waals surface area (Å²) in [6.07, 6.45) is 0. The van der Waals surface area contributed by atoms with E-state index in [1.807, 2.05) is 0 Å². The lowest BCUT2D eigenvalue weighted by atomic mass is 10.2. The van der Waals surface area contributed by atoms with Crippen molar-refractivity contribution in [2.24, 2.45) is 0 Å². The Bertz CT molecular complexity index is 511. The van der Waals surface area contributed by atoms with Gasteiger partial charge < -0.3 is 5.32 Å². The summed E-state index contributed by atoms with van der Waals surface area (Å²) in [7, 11) is 0. The molecule has 0 unspecified atom stereocenters. The first kappa shape index (κ1) is 12.1. The average molecular weight is 271 g/mol. The van der Waals surface area contributed by atoms with Crippen molar-refractivity contribution >= 4 is 29.0 Å². The molecule has 2 nitrogen and oxygen atoms in total. The van der Waals surface area contributed by atoms with Crippen molar-refractivity contribution in [2.45, 2.75) is 6.54 Å². The van der Waals surface area contributed by atoms with Gasteiger partial charge in [0.15, 0.2) is 0 Å². The van der Waals surface area contributed by atoms with Crippen LogP contribution in [0, 0.1) is 5.95 Å². The van der Waals surface area contributed by atoms with E-state index in [0.29, 0.717) is 22.4 Å². The second-order valence-corrected chi connectivity index (χ2v) is 4.35. The van der Waals surface area contributed by atoms with E-state index < -0.39 is 5.95 Å². The van der Waals surface area contributed by atoms with Crippen LogP contribution in [0.2, 0.25) is 10.0 Å². The van der Waals surface area contributed by atoms with Crippen LogP contribution >= 0.6 is 23.2 Å². The monoisotopic (exact) mass is 270 g/mol. The van der Waals surface area contributed by atoms with E-state index in [2.05, 4.69) is 10.3 Å². The first-order chi connectivity index (χ1) is 8.13. The largest absolute Gasteiger partial charge is 0.366 e. The maximum atomic E-state index is 12.8. The van der Waals surface area contributed by atoms with Gasteiger partial charge in [-0.05, 0) is 35.9 Å². The molecule has 2 rings (SSSR count). The Kier molecular flexibility index (Phi) is 3.82. The van der Waals surface area contributed by atoms with Gasteiger partial charge in [0.05, 0.1) is 0 Å². The van der Waals surface area contributed by atoms with Crippen molar-refractivity contribution in [3.05, 3.63) is 58.0 Å². The molecule has 0 fully saturated rings. The van der Waals surface area contributed by atoms with Crippen molar-refractivity contribution in [1.29, 1.82) is 0 Å². The zero-order valence-corrected chi connectivity index (χ0v) is 10.3. The summed E-state index contributed by atoms with van der Waals surface area (Å²) >= 11 is 11.7. The molecule has 5 heteroatoms. The molecule has 1 aromatic heterocycles. The predicted octanol–water partition coefficient (Wildman–Crippen LogP) is 4.14. The molecule has 1 heterocycles. The highest BCUT2D eigenvalue weighted by molar-refractivity contribution is 6.34. The van der Waals surface area contributed by atoms with Crippen LogP contribution in [-0.2, 0) is 6.54 Å². The van der Waals surface area contributed by atoms with Crippen LogP contribution in [0.15, 0.2) is 36.4 Å². The first-order valence-electron chi connectivity index (χ1n) is 4.95. The van der Waals surface area contributed by atoms with E-state index in [0.717, 1.165) is 5.56 Å². The van der Waals surface area contributed by atoms with E-state index in [1.54, 1.807) is 30.3 Å². The molecule has 0 amide bonds. The Labute approximate surface area is 108 Å². The van der Waals surface area contributed by atoms with Crippen LogP contribution < -0.4 is 5.32 Å². The SMILES string of the molecule is Fc1cccc(NCc2cc(Cl)cc(Cl)c2)n1. The first-order valence-corrected chi connectivity index (χ1v) is 5.70. The lowest BCUT2D eigenvalue weighted by molar-refractivity contribution is 0.585. The molecule has 0 aliphatic heterocycles. The van der Waals surface area contributed by atoms with Gasteiger partial charge in [0, 0.05) is 16.6 Å². The molecule has 0 aliphatic rings. The standard InChI is InChI=1S/C12H9Cl2FN2/c13-9-4-8(5-10(14)6-9)7-16-12-3-1-2-11(15)17-12/h1-6H,7H2,(H,16,17). The van der Waals surface area contributed by atoms with Gasteiger partial charge in [-0.15, -0.1) is 0 Å². The van der Waals surface area contributed by atoms with Crippen LogP contribution in [0.1, 0.15) is 5.56 Å². The molecule has 0 atom stereocenters. The topological polar surface area (TPSA) is 24.9 Å². The molecule has 2 aromatic rings. The molecule has 0 saturated heterocycles. The Hall–Kier alpha value is -1.32. The number of aromatic nitrogens is 1. The Balaban J connectivity index is 2.07.